The van der Waals surface area contributed by atoms with Gasteiger partial charge in [-0.3, -0.25) is 9.48 Å². The maximum Gasteiger partial charge on any atom is 0.222 e. The fourth-order valence-electron chi connectivity index (χ4n) is 3.56. The first-order valence-electron chi connectivity index (χ1n) is 9.28. The largest absolute Gasteiger partial charge is 0.353 e. The van der Waals surface area contributed by atoms with Crippen molar-refractivity contribution in [2.24, 2.45) is 7.05 Å². The van der Waals surface area contributed by atoms with E-state index < -0.39 is 0 Å². The fourth-order valence-corrected chi connectivity index (χ4v) is 3.56. The van der Waals surface area contributed by atoms with Gasteiger partial charge in [0.1, 0.15) is 11.8 Å². The molecule has 0 spiro atoms. The molecule has 9 heteroatoms. The zero-order valence-electron chi connectivity index (χ0n) is 15.7. The van der Waals surface area contributed by atoms with Gasteiger partial charge in [-0.15, -0.1) is 0 Å². The Morgan fingerprint density at radius 1 is 1.19 bits per heavy atom. The van der Waals surface area contributed by atoms with Crippen molar-refractivity contribution in [2.75, 3.05) is 31.1 Å². The van der Waals surface area contributed by atoms with E-state index in [1.165, 1.54) is 0 Å². The van der Waals surface area contributed by atoms with E-state index >= 15 is 0 Å². The summed E-state index contributed by atoms with van der Waals surface area (Å²) in [6.07, 6.45) is 7.21. The van der Waals surface area contributed by atoms with E-state index in [1.807, 2.05) is 29.7 Å². The van der Waals surface area contributed by atoms with Gasteiger partial charge in [-0.25, -0.2) is 15.0 Å². The van der Waals surface area contributed by atoms with Crippen LogP contribution in [0.1, 0.15) is 24.1 Å². The minimum absolute atomic E-state index is 0.203. The standard InChI is InChI=1S/C18H24N8O/c1-13-14(10-23-24(13)2)4-5-15(27)25-6-3-7-26(9-8-25)18-16-17(20-11-19-16)21-12-22-18/h10-12H,3-9H2,1-2H3,(H,19,20,21,22). The molecule has 27 heavy (non-hydrogen) atoms. The number of fused-ring (bicyclic) bond motifs is 1. The van der Waals surface area contributed by atoms with Crippen molar-refractivity contribution in [1.82, 2.24) is 34.6 Å². The number of carbonyl (C=O) groups excluding carboxylic acids is 1. The summed E-state index contributed by atoms with van der Waals surface area (Å²) in [6.45, 7) is 5.12. The highest BCUT2D eigenvalue weighted by atomic mass is 16.2. The first-order valence-corrected chi connectivity index (χ1v) is 9.28. The highest BCUT2D eigenvalue weighted by Crippen LogP contribution is 2.21. The number of rotatable bonds is 4. The van der Waals surface area contributed by atoms with Crippen molar-refractivity contribution < 1.29 is 4.79 Å². The molecule has 4 heterocycles. The molecule has 1 aliphatic rings. The van der Waals surface area contributed by atoms with E-state index in [4.69, 9.17) is 0 Å². The summed E-state index contributed by atoms with van der Waals surface area (Å²) in [5, 5.41) is 4.25. The molecule has 3 aromatic heterocycles. The molecule has 0 saturated carbocycles. The van der Waals surface area contributed by atoms with Gasteiger partial charge in [-0.05, 0) is 25.3 Å². The number of H-pyrrole nitrogens is 1. The van der Waals surface area contributed by atoms with Crippen LogP contribution in [0.3, 0.4) is 0 Å². The monoisotopic (exact) mass is 368 g/mol. The number of aryl methyl sites for hydroxylation is 2. The molecule has 1 amide bonds. The topological polar surface area (TPSA) is 95.8 Å². The first-order chi connectivity index (χ1) is 13.1. The Balaban J connectivity index is 1.39. The molecular formula is C18H24N8O. The SMILES string of the molecule is Cc1c(CCC(=O)N2CCCN(c3ncnc4nc[nH]c34)CC2)cnn1C. The van der Waals surface area contributed by atoms with Crippen molar-refractivity contribution in [2.45, 2.75) is 26.2 Å². The van der Waals surface area contributed by atoms with Gasteiger partial charge in [0.25, 0.3) is 0 Å². The summed E-state index contributed by atoms with van der Waals surface area (Å²) in [5.74, 6) is 1.06. The predicted octanol–water partition coefficient (Wildman–Crippen LogP) is 1.07. The zero-order chi connectivity index (χ0) is 18.8. The maximum atomic E-state index is 12.7. The van der Waals surface area contributed by atoms with Gasteiger partial charge in [0, 0.05) is 45.3 Å². The lowest BCUT2D eigenvalue weighted by Gasteiger charge is -2.23. The van der Waals surface area contributed by atoms with Crippen molar-refractivity contribution in [1.29, 1.82) is 0 Å². The maximum absolute atomic E-state index is 12.7. The summed E-state index contributed by atoms with van der Waals surface area (Å²) < 4.78 is 1.85. The molecule has 0 unspecified atom stereocenters. The van der Waals surface area contributed by atoms with E-state index in [0.29, 0.717) is 18.6 Å². The minimum Gasteiger partial charge on any atom is -0.353 e. The molecule has 0 radical (unpaired) electrons. The van der Waals surface area contributed by atoms with Crippen molar-refractivity contribution in [3.63, 3.8) is 0 Å². The summed E-state index contributed by atoms with van der Waals surface area (Å²) in [7, 11) is 1.92. The zero-order valence-corrected chi connectivity index (χ0v) is 15.7. The van der Waals surface area contributed by atoms with Gasteiger partial charge in [0.2, 0.25) is 5.91 Å². The Morgan fingerprint density at radius 2 is 2.07 bits per heavy atom. The second-order valence-corrected chi connectivity index (χ2v) is 6.90. The number of imidazole rings is 1. The second-order valence-electron chi connectivity index (χ2n) is 6.90. The molecule has 142 valence electrons. The Labute approximate surface area is 157 Å². The third kappa shape index (κ3) is 3.49. The number of hydrogen-bond donors (Lipinski definition) is 1. The van der Waals surface area contributed by atoms with Gasteiger partial charge in [0.05, 0.1) is 12.5 Å². The lowest BCUT2D eigenvalue weighted by atomic mass is 10.1. The highest BCUT2D eigenvalue weighted by molar-refractivity contribution is 5.82. The lowest BCUT2D eigenvalue weighted by molar-refractivity contribution is -0.130. The Kier molecular flexibility index (Phi) is 4.74. The van der Waals surface area contributed by atoms with Crippen molar-refractivity contribution in [3.05, 3.63) is 30.1 Å². The molecule has 1 N–H and O–H groups in total. The average molecular weight is 368 g/mol. The number of amides is 1. The Hall–Kier alpha value is -2.97. The van der Waals surface area contributed by atoms with E-state index in [2.05, 4.69) is 29.9 Å². The van der Waals surface area contributed by atoms with Crippen LogP contribution in [0.15, 0.2) is 18.9 Å². The molecule has 1 saturated heterocycles. The van der Waals surface area contributed by atoms with Crippen molar-refractivity contribution in [3.8, 4) is 0 Å². The third-order valence-electron chi connectivity index (χ3n) is 5.30. The normalized spacial score (nSPS) is 15.3. The van der Waals surface area contributed by atoms with Gasteiger partial charge in [-0.1, -0.05) is 0 Å². The quantitative estimate of drug-likeness (QED) is 0.740. The summed E-state index contributed by atoms with van der Waals surface area (Å²) in [6, 6.07) is 0. The molecule has 1 fully saturated rings. The van der Waals surface area contributed by atoms with Crippen molar-refractivity contribution >= 4 is 22.9 Å². The molecule has 1 aliphatic heterocycles. The number of nitrogens with zero attached hydrogens (tertiary/aromatic N) is 7. The van der Waals surface area contributed by atoms with Gasteiger partial charge in [-0.2, -0.15) is 5.10 Å². The van der Waals surface area contributed by atoms with Crippen LogP contribution in [-0.4, -0.2) is 66.7 Å². The molecule has 9 nitrogen and oxygen atoms in total. The molecule has 0 atom stereocenters. The van der Waals surface area contributed by atoms with Gasteiger partial charge in [0.15, 0.2) is 11.5 Å². The van der Waals surface area contributed by atoms with E-state index in [9.17, 15) is 4.79 Å². The summed E-state index contributed by atoms with van der Waals surface area (Å²) in [4.78, 5) is 32.8. The van der Waals surface area contributed by atoms with Crippen LogP contribution >= 0.6 is 0 Å². The summed E-state index contributed by atoms with van der Waals surface area (Å²) in [5.41, 5.74) is 3.79. The third-order valence-corrected chi connectivity index (χ3v) is 5.30. The predicted molar refractivity (Wildman–Crippen MR) is 101 cm³/mol. The number of aromatic nitrogens is 6. The minimum atomic E-state index is 0.203. The first kappa shape index (κ1) is 17.4. The number of aromatic amines is 1. The van der Waals surface area contributed by atoms with E-state index in [0.717, 1.165) is 55.1 Å². The fraction of sp³-hybridized carbons (Fsp3) is 0.500. The molecule has 0 aromatic carbocycles. The summed E-state index contributed by atoms with van der Waals surface area (Å²) >= 11 is 0. The number of carbonyl (C=O) groups is 1. The van der Waals surface area contributed by atoms with E-state index in [-0.39, 0.29) is 5.91 Å². The van der Waals surface area contributed by atoms with Gasteiger partial charge < -0.3 is 14.8 Å². The van der Waals surface area contributed by atoms with Crippen LogP contribution in [0, 0.1) is 6.92 Å². The molecule has 0 bridgehead atoms. The van der Waals surface area contributed by atoms with Gasteiger partial charge >= 0.3 is 0 Å². The van der Waals surface area contributed by atoms with Crippen LogP contribution in [0.4, 0.5) is 5.82 Å². The van der Waals surface area contributed by atoms with Crippen LogP contribution in [0.25, 0.3) is 11.2 Å². The highest BCUT2D eigenvalue weighted by Gasteiger charge is 2.22. The molecular weight excluding hydrogens is 344 g/mol. The van der Waals surface area contributed by atoms with Crippen LogP contribution in [0.2, 0.25) is 0 Å². The smallest absolute Gasteiger partial charge is 0.222 e. The molecule has 3 aromatic rings. The average Bonchev–Trinajstić information content (AvgIpc) is 3.19. The number of anilines is 1. The van der Waals surface area contributed by atoms with Crippen LogP contribution < -0.4 is 4.90 Å². The van der Waals surface area contributed by atoms with Crippen LogP contribution in [-0.2, 0) is 18.3 Å². The molecule has 4 rings (SSSR count). The van der Waals surface area contributed by atoms with Crippen LogP contribution in [0.5, 0.6) is 0 Å². The lowest BCUT2D eigenvalue weighted by Crippen LogP contribution is -2.35. The number of hydrogen-bond acceptors (Lipinski definition) is 6. The number of nitrogens with one attached hydrogen (secondary N) is 1. The Morgan fingerprint density at radius 3 is 2.89 bits per heavy atom. The second kappa shape index (κ2) is 7.34. The Bertz CT molecular complexity index is 946. The molecule has 0 aliphatic carbocycles. The van der Waals surface area contributed by atoms with E-state index in [1.54, 1.807) is 12.7 Å².